The number of rotatable bonds is 9. The highest BCUT2D eigenvalue weighted by Gasteiger charge is 2.01. The lowest BCUT2D eigenvalue weighted by molar-refractivity contribution is -0.115. The second kappa shape index (κ2) is 9.83. The minimum absolute atomic E-state index is 0.0343. The number of carbonyl (C=O) groups excluding carboxylic acids is 1. The molecule has 19 heavy (non-hydrogen) atoms. The number of aryl methyl sites for hydroxylation is 1. The average Bonchev–Trinajstić information content (AvgIpc) is 2.43. The Balaban J connectivity index is 2.29. The molecule has 5 heteroatoms. The molecule has 0 aliphatic heterocycles. The van der Waals surface area contributed by atoms with Gasteiger partial charge in [-0.15, -0.1) is 0 Å². The first-order valence-corrected chi connectivity index (χ1v) is 7.73. The molecule has 0 fully saturated rings. The van der Waals surface area contributed by atoms with Gasteiger partial charge in [-0.25, -0.2) is 0 Å². The van der Waals surface area contributed by atoms with Crippen LogP contribution in [0.5, 0.6) is 0 Å². The highest BCUT2D eigenvalue weighted by atomic mass is 32.2. The number of nitrogens with one attached hydrogen (secondary N) is 2. The number of anilines is 1. The fourth-order valence-electron chi connectivity index (χ4n) is 1.56. The number of methoxy groups -OCH3 is 1. The van der Waals surface area contributed by atoms with Crippen LogP contribution in [0.3, 0.4) is 0 Å². The van der Waals surface area contributed by atoms with Gasteiger partial charge in [-0.1, -0.05) is 12.1 Å². The smallest absolute Gasteiger partial charge is 0.238 e. The third kappa shape index (κ3) is 7.20. The Morgan fingerprint density at radius 1 is 1.32 bits per heavy atom. The van der Waals surface area contributed by atoms with Crippen LogP contribution in [0, 0.1) is 0 Å². The molecule has 0 aromatic heterocycles. The van der Waals surface area contributed by atoms with Crippen molar-refractivity contribution in [3.8, 4) is 0 Å². The van der Waals surface area contributed by atoms with Gasteiger partial charge in [-0.2, -0.15) is 11.8 Å². The number of amides is 1. The second-order valence-corrected chi connectivity index (χ2v) is 5.14. The number of hydrogen-bond donors (Lipinski definition) is 2. The van der Waals surface area contributed by atoms with Gasteiger partial charge in [-0.05, 0) is 36.1 Å². The first-order valence-electron chi connectivity index (χ1n) is 6.33. The topological polar surface area (TPSA) is 50.4 Å². The van der Waals surface area contributed by atoms with E-state index in [0.717, 1.165) is 17.9 Å². The van der Waals surface area contributed by atoms with Gasteiger partial charge in [0.1, 0.15) is 0 Å². The van der Waals surface area contributed by atoms with Crippen molar-refractivity contribution in [3.63, 3.8) is 0 Å². The summed E-state index contributed by atoms with van der Waals surface area (Å²) in [5.41, 5.74) is 2.14. The number of carbonyl (C=O) groups is 1. The molecule has 0 saturated carbocycles. The molecule has 1 aromatic carbocycles. The normalized spacial score (nSPS) is 10.4. The molecule has 0 aliphatic rings. The Hall–Kier alpha value is -1.04. The van der Waals surface area contributed by atoms with E-state index in [0.29, 0.717) is 19.7 Å². The third-order valence-electron chi connectivity index (χ3n) is 2.60. The van der Waals surface area contributed by atoms with Gasteiger partial charge in [0.05, 0.1) is 13.2 Å². The minimum Gasteiger partial charge on any atom is -0.383 e. The van der Waals surface area contributed by atoms with Crippen molar-refractivity contribution in [2.75, 3.05) is 44.1 Å². The van der Waals surface area contributed by atoms with Crippen LogP contribution in [-0.4, -0.2) is 44.7 Å². The van der Waals surface area contributed by atoms with Gasteiger partial charge < -0.3 is 15.4 Å². The number of benzene rings is 1. The summed E-state index contributed by atoms with van der Waals surface area (Å²) in [5.74, 6) is 1.09. The van der Waals surface area contributed by atoms with E-state index in [-0.39, 0.29) is 5.91 Å². The molecule has 4 nitrogen and oxygen atoms in total. The van der Waals surface area contributed by atoms with Crippen molar-refractivity contribution in [1.82, 2.24) is 5.32 Å². The van der Waals surface area contributed by atoms with Crippen molar-refractivity contribution in [2.24, 2.45) is 0 Å². The summed E-state index contributed by atoms with van der Waals surface area (Å²) >= 11 is 1.84. The van der Waals surface area contributed by atoms with Gasteiger partial charge >= 0.3 is 0 Å². The van der Waals surface area contributed by atoms with Crippen LogP contribution in [0.25, 0.3) is 0 Å². The highest BCUT2D eigenvalue weighted by Crippen LogP contribution is 2.11. The molecule has 0 unspecified atom stereocenters. The van der Waals surface area contributed by atoms with E-state index >= 15 is 0 Å². The standard InChI is InChI=1S/C14H22N2O2S/c1-18-9-8-15-11-14(17)16-13-5-3-12(4-6-13)7-10-19-2/h3-6,15H,7-11H2,1-2H3,(H,16,17). The summed E-state index contributed by atoms with van der Waals surface area (Å²) in [6.45, 7) is 1.59. The molecule has 0 atom stereocenters. The van der Waals surface area contributed by atoms with Crippen molar-refractivity contribution < 1.29 is 9.53 Å². The van der Waals surface area contributed by atoms with Crippen molar-refractivity contribution >= 4 is 23.4 Å². The van der Waals surface area contributed by atoms with E-state index in [1.54, 1.807) is 7.11 Å². The van der Waals surface area contributed by atoms with Crippen LogP contribution in [0.1, 0.15) is 5.56 Å². The Morgan fingerprint density at radius 2 is 2.05 bits per heavy atom. The monoisotopic (exact) mass is 282 g/mol. The Morgan fingerprint density at radius 3 is 2.68 bits per heavy atom. The summed E-state index contributed by atoms with van der Waals surface area (Å²) in [7, 11) is 1.64. The molecule has 0 heterocycles. The van der Waals surface area contributed by atoms with Crippen molar-refractivity contribution in [1.29, 1.82) is 0 Å². The SMILES string of the molecule is COCCNCC(=O)Nc1ccc(CCSC)cc1. The van der Waals surface area contributed by atoms with E-state index in [4.69, 9.17) is 4.74 Å². The summed E-state index contributed by atoms with van der Waals surface area (Å²) in [6, 6.07) is 8.01. The summed E-state index contributed by atoms with van der Waals surface area (Å²) < 4.78 is 4.89. The lowest BCUT2D eigenvalue weighted by atomic mass is 10.1. The van der Waals surface area contributed by atoms with E-state index < -0.39 is 0 Å². The maximum Gasteiger partial charge on any atom is 0.238 e. The van der Waals surface area contributed by atoms with Crippen LogP contribution in [-0.2, 0) is 16.0 Å². The average molecular weight is 282 g/mol. The van der Waals surface area contributed by atoms with Gasteiger partial charge in [0.25, 0.3) is 0 Å². The quantitative estimate of drug-likeness (QED) is 0.678. The Labute approximate surface area is 119 Å². The Kier molecular flexibility index (Phi) is 8.29. The summed E-state index contributed by atoms with van der Waals surface area (Å²) in [6.07, 6.45) is 3.17. The second-order valence-electron chi connectivity index (χ2n) is 4.16. The van der Waals surface area contributed by atoms with E-state index in [1.807, 2.05) is 23.9 Å². The van der Waals surface area contributed by atoms with E-state index in [1.165, 1.54) is 5.56 Å². The molecule has 0 spiro atoms. The molecule has 0 aliphatic carbocycles. The maximum atomic E-state index is 11.6. The fourth-order valence-corrected chi connectivity index (χ4v) is 2.00. The fraction of sp³-hybridized carbons (Fsp3) is 0.500. The predicted molar refractivity (Wildman–Crippen MR) is 81.9 cm³/mol. The molecular formula is C14H22N2O2S. The molecular weight excluding hydrogens is 260 g/mol. The number of thioether (sulfide) groups is 1. The molecule has 106 valence electrons. The third-order valence-corrected chi connectivity index (χ3v) is 3.21. The summed E-state index contributed by atoms with van der Waals surface area (Å²) in [4.78, 5) is 11.6. The highest BCUT2D eigenvalue weighted by molar-refractivity contribution is 7.98. The molecule has 0 bridgehead atoms. The van der Waals surface area contributed by atoms with Crippen LogP contribution in [0.4, 0.5) is 5.69 Å². The first kappa shape index (κ1) is 16.0. The maximum absolute atomic E-state index is 11.6. The molecule has 0 radical (unpaired) electrons. The lowest BCUT2D eigenvalue weighted by Gasteiger charge is -2.07. The van der Waals surface area contributed by atoms with Crippen LogP contribution in [0.15, 0.2) is 24.3 Å². The van der Waals surface area contributed by atoms with Crippen LogP contribution >= 0.6 is 11.8 Å². The molecule has 0 saturated heterocycles. The Bertz CT molecular complexity index is 368. The van der Waals surface area contributed by atoms with E-state index in [2.05, 4.69) is 29.0 Å². The summed E-state index contributed by atoms with van der Waals surface area (Å²) in [5, 5.41) is 5.86. The zero-order chi connectivity index (χ0) is 13.9. The number of ether oxygens (including phenoxy) is 1. The zero-order valence-electron chi connectivity index (χ0n) is 11.6. The van der Waals surface area contributed by atoms with Crippen LogP contribution < -0.4 is 10.6 Å². The largest absolute Gasteiger partial charge is 0.383 e. The van der Waals surface area contributed by atoms with Gasteiger partial charge in [0, 0.05) is 19.3 Å². The lowest BCUT2D eigenvalue weighted by Crippen LogP contribution is -2.30. The number of hydrogen-bond acceptors (Lipinski definition) is 4. The molecule has 1 rings (SSSR count). The van der Waals surface area contributed by atoms with Gasteiger partial charge in [0.15, 0.2) is 0 Å². The van der Waals surface area contributed by atoms with Gasteiger partial charge in [-0.3, -0.25) is 4.79 Å². The molecule has 1 amide bonds. The van der Waals surface area contributed by atoms with Gasteiger partial charge in [0.2, 0.25) is 5.91 Å². The first-order chi connectivity index (χ1) is 9.26. The van der Waals surface area contributed by atoms with Crippen molar-refractivity contribution in [3.05, 3.63) is 29.8 Å². The molecule has 1 aromatic rings. The molecule has 2 N–H and O–H groups in total. The zero-order valence-corrected chi connectivity index (χ0v) is 12.4. The van der Waals surface area contributed by atoms with Crippen LogP contribution in [0.2, 0.25) is 0 Å². The van der Waals surface area contributed by atoms with Crippen molar-refractivity contribution in [2.45, 2.75) is 6.42 Å². The van der Waals surface area contributed by atoms with E-state index in [9.17, 15) is 4.79 Å². The minimum atomic E-state index is -0.0343. The predicted octanol–water partition coefficient (Wildman–Crippen LogP) is 1.77.